The summed E-state index contributed by atoms with van der Waals surface area (Å²) in [6.45, 7) is 6.37. The quantitative estimate of drug-likeness (QED) is 0.609. The fraction of sp³-hybridized carbons (Fsp3) is 0.364. The van der Waals surface area contributed by atoms with E-state index in [1.165, 1.54) is 17.0 Å². The van der Waals surface area contributed by atoms with Crippen molar-refractivity contribution in [2.45, 2.75) is 26.8 Å². The summed E-state index contributed by atoms with van der Waals surface area (Å²) in [5.74, 6) is 4.48. The van der Waals surface area contributed by atoms with Crippen molar-refractivity contribution >= 4 is 52.1 Å². The second-order valence-corrected chi connectivity index (χ2v) is 9.84. The van der Waals surface area contributed by atoms with Crippen molar-refractivity contribution in [1.82, 2.24) is 0 Å². The molecule has 2 aromatic rings. The monoisotopic (exact) mass is 481 g/mol. The summed E-state index contributed by atoms with van der Waals surface area (Å²) in [5, 5.41) is 10.4. The number of benzene rings is 1. The van der Waals surface area contributed by atoms with Crippen LogP contribution in [0, 0.1) is 17.3 Å². The summed E-state index contributed by atoms with van der Waals surface area (Å²) in [7, 11) is 0. The zero-order chi connectivity index (χ0) is 22.8. The number of nitrogens with zero attached hydrogens (tertiary/aromatic N) is 1. The molecule has 3 rings (SSSR count). The summed E-state index contributed by atoms with van der Waals surface area (Å²) in [5.41, 5.74) is 0.164. The van der Waals surface area contributed by atoms with Crippen LogP contribution in [0.2, 0.25) is 10.0 Å². The third-order valence-electron chi connectivity index (χ3n) is 4.26. The van der Waals surface area contributed by atoms with E-state index in [1.54, 1.807) is 12.1 Å². The zero-order valence-corrected chi connectivity index (χ0v) is 19.5. The van der Waals surface area contributed by atoms with Crippen molar-refractivity contribution in [3.8, 4) is 11.8 Å². The number of anilines is 1. The number of carbonyl (C=O) groups excluding carboxylic acids is 1. The molecule has 0 radical (unpaired) electrons. The zero-order valence-electron chi connectivity index (χ0n) is 17.2. The van der Waals surface area contributed by atoms with Crippen LogP contribution in [0.4, 0.5) is 5.69 Å². The van der Waals surface area contributed by atoms with Crippen molar-refractivity contribution in [2.75, 3.05) is 24.9 Å². The Morgan fingerprint density at radius 2 is 1.87 bits per heavy atom. The van der Waals surface area contributed by atoms with Gasteiger partial charge in [-0.25, -0.2) is 4.79 Å². The molecule has 0 saturated carbocycles. The topological polar surface area (TPSA) is 76.1 Å². The molecular weight excluding hydrogens is 461 g/mol. The molecule has 1 aliphatic rings. The number of carbonyl (C=O) groups is 2. The lowest BCUT2D eigenvalue weighted by molar-refractivity contribution is -0.106. The number of thiophene rings is 1. The number of halogens is 2. The van der Waals surface area contributed by atoms with Gasteiger partial charge in [-0.05, 0) is 45.0 Å². The fourth-order valence-corrected chi connectivity index (χ4v) is 4.24. The van der Waals surface area contributed by atoms with Gasteiger partial charge in [-0.1, -0.05) is 35.0 Å². The molecule has 1 fully saturated rings. The van der Waals surface area contributed by atoms with Crippen molar-refractivity contribution in [3.05, 3.63) is 49.6 Å². The molecule has 6 nitrogen and oxygen atoms in total. The van der Waals surface area contributed by atoms with Gasteiger partial charge < -0.3 is 14.6 Å². The molecular formula is C22H21Cl2NO5S. The minimum atomic E-state index is -1.15. The fourth-order valence-electron chi connectivity index (χ4n) is 2.91. The highest BCUT2D eigenvalue weighted by atomic mass is 35.5. The third kappa shape index (κ3) is 5.79. The van der Waals surface area contributed by atoms with E-state index < -0.39 is 17.9 Å². The van der Waals surface area contributed by atoms with Crippen molar-refractivity contribution < 1.29 is 24.2 Å². The van der Waals surface area contributed by atoms with Crippen LogP contribution in [0.1, 0.15) is 45.7 Å². The molecule has 164 valence electrons. The molecule has 1 amide bonds. The van der Waals surface area contributed by atoms with Gasteiger partial charge in [0.2, 0.25) is 0 Å². The smallest absolute Gasteiger partial charge is 0.348 e. The average molecular weight is 482 g/mol. The molecule has 0 aliphatic carbocycles. The summed E-state index contributed by atoms with van der Waals surface area (Å²) in [6, 6.07) is 5.61. The van der Waals surface area contributed by atoms with E-state index in [4.69, 9.17) is 32.7 Å². The van der Waals surface area contributed by atoms with Gasteiger partial charge in [0.15, 0.2) is 0 Å². The standard InChI is InChI=1S/C22H21Cl2NO5S/c1-22(2,3)7-6-15-9-18(19(31-15)21(27)28)25(14-10-29-12-30-11-14)20(26)16-5-4-13(23)8-17(16)24/h4-5,8-9,14H,10-12H2,1-3H3,(H,27,28). The van der Waals surface area contributed by atoms with E-state index in [0.29, 0.717) is 9.90 Å². The number of carboxylic acid groups (broad SMARTS) is 1. The van der Waals surface area contributed by atoms with Crippen LogP contribution in [0.3, 0.4) is 0 Å². The summed E-state index contributed by atoms with van der Waals surface area (Å²) < 4.78 is 10.8. The number of hydrogen-bond donors (Lipinski definition) is 1. The minimum Gasteiger partial charge on any atom is -0.477 e. The first-order valence-electron chi connectivity index (χ1n) is 9.41. The van der Waals surface area contributed by atoms with Crippen LogP contribution in [0.5, 0.6) is 0 Å². The number of hydrogen-bond acceptors (Lipinski definition) is 5. The van der Waals surface area contributed by atoms with Gasteiger partial charge in [-0.3, -0.25) is 9.69 Å². The van der Waals surface area contributed by atoms with Crippen molar-refractivity contribution in [2.24, 2.45) is 5.41 Å². The second-order valence-electron chi connectivity index (χ2n) is 7.94. The van der Waals surface area contributed by atoms with Crippen molar-refractivity contribution in [1.29, 1.82) is 0 Å². The number of aromatic carboxylic acids is 1. The van der Waals surface area contributed by atoms with E-state index in [0.717, 1.165) is 11.3 Å². The third-order valence-corrected chi connectivity index (χ3v) is 5.84. The second kappa shape index (κ2) is 9.60. The van der Waals surface area contributed by atoms with Gasteiger partial charge in [0.05, 0.1) is 40.4 Å². The van der Waals surface area contributed by atoms with E-state index in [-0.39, 0.29) is 46.6 Å². The van der Waals surface area contributed by atoms with Gasteiger partial charge in [0, 0.05) is 10.4 Å². The van der Waals surface area contributed by atoms with E-state index in [9.17, 15) is 14.7 Å². The Labute approximate surface area is 194 Å². The Bertz CT molecular complexity index is 1060. The Kier molecular flexibility index (Phi) is 7.30. The molecule has 1 aromatic heterocycles. The molecule has 1 N–H and O–H groups in total. The molecule has 0 spiro atoms. The number of ether oxygens (including phenoxy) is 2. The Balaban J connectivity index is 2.12. The highest BCUT2D eigenvalue weighted by molar-refractivity contribution is 7.15. The van der Waals surface area contributed by atoms with Crippen LogP contribution >= 0.6 is 34.5 Å². The first-order chi connectivity index (χ1) is 14.6. The van der Waals surface area contributed by atoms with Crippen molar-refractivity contribution in [3.63, 3.8) is 0 Å². The van der Waals surface area contributed by atoms with Crippen LogP contribution in [0.25, 0.3) is 0 Å². The SMILES string of the molecule is CC(C)(C)C#Cc1cc(N(C(=O)c2ccc(Cl)cc2Cl)C2COCOC2)c(C(=O)O)s1. The number of amides is 1. The van der Waals surface area contributed by atoms with E-state index >= 15 is 0 Å². The summed E-state index contributed by atoms with van der Waals surface area (Å²) in [4.78, 5) is 27.5. The molecule has 1 aromatic carbocycles. The number of carboxylic acids is 1. The largest absolute Gasteiger partial charge is 0.477 e. The summed E-state index contributed by atoms with van der Waals surface area (Å²) >= 11 is 13.3. The maximum Gasteiger partial charge on any atom is 0.348 e. The predicted octanol–water partition coefficient (Wildman–Crippen LogP) is 5.17. The maximum absolute atomic E-state index is 13.5. The van der Waals surface area contributed by atoms with E-state index in [1.807, 2.05) is 20.8 Å². The highest BCUT2D eigenvalue weighted by Gasteiger charge is 2.34. The lowest BCUT2D eigenvalue weighted by atomic mass is 9.98. The van der Waals surface area contributed by atoms with Gasteiger partial charge >= 0.3 is 5.97 Å². The normalized spacial score (nSPS) is 14.6. The van der Waals surface area contributed by atoms with Crippen LogP contribution in [0.15, 0.2) is 24.3 Å². The Morgan fingerprint density at radius 1 is 1.19 bits per heavy atom. The van der Waals surface area contributed by atoms with E-state index in [2.05, 4.69) is 11.8 Å². The summed E-state index contributed by atoms with van der Waals surface area (Å²) in [6.07, 6.45) is 0. The van der Waals surface area contributed by atoms with Gasteiger partial charge in [-0.15, -0.1) is 11.3 Å². The predicted molar refractivity (Wildman–Crippen MR) is 121 cm³/mol. The molecule has 2 heterocycles. The molecule has 9 heteroatoms. The molecule has 0 unspecified atom stereocenters. The number of rotatable bonds is 4. The maximum atomic E-state index is 13.5. The van der Waals surface area contributed by atoms with Gasteiger partial charge in [-0.2, -0.15) is 0 Å². The first kappa shape index (κ1) is 23.6. The molecule has 0 bridgehead atoms. The lowest BCUT2D eigenvalue weighted by Gasteiger charge is -2.34. The van der Waals surface area contributed by atoms with Crippen LogP contribution in [-0.2, 0) is 9.47 Å². The molecule has 0 atom stereocenters. The average Bonchev–Trinajstić information content (AvgIpc) is 3.11. The van der Waals surface area contributed by atoms with Crippen LogP contribution < -0.4 is 4.90 Å². The molecule has 1 saturated heterocycles. The lowest BCUT2D eigenvalue weighted by Crippen LogP contribution is -2.48. The first-order valence-corrected chi connectivity index (χ1v) is 11.0. The van der Waals surface area contributed by atoms with Crippen LogP contribution in [-0.4, -0.2) is 43.0 Å². The Hall–Kier alpha value is -2.08. The highest BCUT2D eigenvalue weighted by Crippen LogP contribution is 2.35. The minimum absolute atomic E-state index is 0.00205. The molecule has 31 heavy (non-hydrogen) atoms. The van der Waals surface area contributed by atoms with Gasteiger partial charge in [0.25, 0.3) is 5.91 Å². The van der Waals surface area contributed by atoms with Gasteiger partial charge in [0.1, 0.15) is 11.7 Å². The Morgan fingerprint density at radius 3 is 2.45 bits per heavy atom. The molecule has 1 aliphatic heterocycles.